The lowest BCUT2D eigenvalue weighted by atomic mass is 10.1. The highest BCUT2D eigenvalue weighted by molar-refractivity contribution is 9.10. The summed E-state index contributed by atoms with van der Waals surface area (Å²) in [6.07, 6.45) is 3.14. The highest BCUT2D eigenvalue weighted by Gasteiger charge is 2.05. The van der Waals surface area contributed by atoms with Crippen LogP contribution in [-0.2, 0) is 0 Å². The number of halogens is 2. The summed E-state index contributed by atoms with van der Waals surface area (Å²) in [4.78, 5) is 12.1. The van der Waals surface area contributed by atoms with Crippen molar-refractivity contribution in [1.29, 1.82) is 0 Å². The van der Waals surface area contributed by atoms with Crippen LogP contribution < -0.4 is 0 Å². The van der Waals surface area contributed by atoms with Crippen LogP contribution >= 0.6 is 27.5 Å². The summed E-state index contributed by atoms with van der Waals surface area (Å²) in [5.41, 5.74) is 1.53. The molecule has 114 valence electrons. The lowest BCUT2D eigenvalue weighted by molar-refractivity contribution is 0.104. The number of rotatable bonds is 4. The minimum atomic E-state index is -0.117. The fourth-order valence-electron chi connectivity index (χ4n) is 2.11. The molecule has 1 heterocycles. The second-order valence-corrected chi connectivity index (χ2v) is 6.27. The first-order valence-electron chi connectivity index (χ1n) is 6.95. The molecule has 1 aromatic heterocycles. The van der Waals surface area contributed by atoms with Gasteiger partial charge in [0.15, 0.2) is 5.78 Å². The molecule has 3 aromatic rings. The number of hydrogen-bond donors (Lipinski definition) is 0. The van der Waals surface area contributed by atoms with Crippen LogP contribution in [0.5, 0.6) is 0 Å². The van der Waals surface area contributed by atoms with Crippen molar-refractivity contribution < 1.29 is 9.21 Å². The van der Waals surface area contributed by atoms with Crippen molar-refractivity contribution in [3.63, 3.8) is 0 Å². The number of benzene rings is 2. The highest BCUT2D eigenvalue weighted by Crippen LogP contribution is 2.24. The highest BCUT2D eigenvalue weighted by atomic mass is 79.9. The van der Waals surface area contributed by atoms with Crippen molar-refractivity contribution >= 4 is 39.4 Å². The zero-order chi connectivity index (χ0) is 16.2. The number of hydrogen-bond acceptors (Lipinski definition) is 2. The third-order valence-electron chi connectivity index (χ3n) is 3.26. The Morgan fingerprint density at radius 2 is 1.83 bits per heavy atom. The van der Waals surface area contributed by atoms with Crippen LogP contribution in [0.3, 0.4) is 0 Å². The predicted molar refractivity (Wildman–Crippen MR) is 96.7 cm³/mol. The predicted octanol–water partition coefficient (Wildman–Crippen LogP) is 6.26. The third kappa shape index (κ3) is 4.01. The number of furan rings is 1. The fraction of sp³-hybridized carbons (Fsp3) is 0. The van der Waals surface area contributed by atoms with E-state index in [0.29, 0.717) is 16.3 Å². The molecule has 0 spiro atoms. The second-order valence-electron chi connectivity index (χ2n) is 4.92. The monoisotopic (exact) mass is 386 g/mol. The fourth-order valence-corrected chi connectivity index (χ4v) is 2.56. The van der Waals surface area contributed by atoms with Crippen molar-refractivity contribution in [2.24, 2.45) is 0 Å². The Labute approximate surface area is 147 Å². The molecule has 0 unspecified atom stereocenters. The zero-order valence-electron chi connectivity index (χ0n) is 12.0. The summed E-state index contributed by atoms with van der Waals surface area (Å²) < 4.78 is 6.75. The van der Waals surface area contributed by atoms with Crippen LogP contribution in [0.1, 0.15) is 16.1 Å². The molecule has 3 rings (SSSR count). The molecule has 0 fully saturated rings. The topological polar surface area (TPSA) is 30.2 Å². The van der Waals surface area contributed by atoms with Crippen LogP contribution in [0.4, 0.5) is 0 Å². The molecule has 2 nitrogen and oxygen atoms in total. The van der Waals surface area contributed by atoms with Gasteiger partial charge in [0, 0.05) is 20.6 Å². The largest absolute Gasteiger partial charge is 0.457 e. The molecule has 0 aliphatic rings. The first-order chi connectivity index (χ1) is 11.1. The van der Waals surface area contributed by atoms with Crippen LogP contribution in [0.2, 0.25) is 5.02 Å². The van der Waals surface area contributed by atoms with E-state index in [2.05, 4.69) is 15.9 Å². The van der Waals surface area contributed by atoms with Gasteiger partial charge in [0.1, 0.15) is 11.5 Å². The van der Waals surface area contributed by atoms with Crippen molar-refractivity contribution in [1.82, 2.24) is 0 Å². The van der Waals surface area contributed by atoms with Gasteiger partial charge in [-0.1, -0.05) is 51.8 Å². The molecule has 23 heavy (non-hydrogen) atoms. The van der Waals surface area contributed by atoms with Gasteiger partial charge in [0.2, 0.25) is 0 Å². The van der Waals surface area contributed by atoms with Crippen LogP contribution in [0.25, 0.3) is 17.4 Å². The molecule has 4 heteroatoms. The average molecular weight is 388 g/mol. The quantitative estimate of drug-likeness (QED) is 0.391. The minimum absolute atomic E-state index is 0.117. The van der Waals surface area contributed by atoms with E-state index in [1.807, 2.05) is 36.4 Å². The summed E-state index contributed by atoms with van der Waals surface area (Å²) >= 11 is 9.29. The van der Waals surface area contributed by atoms with Crippen LogP contribution in [0, 0.1) is 0 Å². The lowest BCUT2D eigenvalue weighted by Gasteiger charge is -1.97. The molecule has 0 N–H and O–H groups in total. The van der Waals surface area contributed by atoms with E-state index in [9.17, 15) is 4.79 Å². The molecule has 0 saturated heterocycles. The minimum Gasteiger partial charge on any atom is -0.457 e. The zero-order valence-corrected chi connectivity index (χ0v) is 14.3. The molecule has 0 aliphatic carbocycles. The van der Waals surface area contributed by atoms with Gasteiger partial charge in [0.05, 0.1) is 0 Å². The SMILES string of the molecule is O=C(/C=C/c1ccc(-c2ccc(Br)cc2)o1)c1cccc(Cl)c1. The van der Waals surface area contributed by atoms with E-state index in [4.69, 9.17) is 16.0 Å². The first kappa shape index (κ1) is 15.8. The Bertz CT molecular complexity index is 863. The Balaban J connectivity index is 1.76. The smallest absolute Gasteiger partial charge is 0.186 e. The summed E-state index contributed by atoms with van der Waals surface area (Å²) in [6, 6.07) is 18.4. The van der Waals surface area contributed by atoms with Crippen molar-refractivity contribution in [2.45, 2.75) is 0 Å². The van der Waals surface area contributed by atoms with E-state index >= 15 is 0 Å². The van der Waals surface area contributed by atoms with Gasteiger partial charge in [-0.15, -0.1) is 0 Å². The number of carbonyl (C=O) groups is 1. The van der Waals surface area contributed by atoms with Crippen molar-refractivity contribution in [3.8, 4) is 11.3 Å². The van der Waals surface area contributed by atoms with E-state index in [0.717, 1.165) is 15.8 Å². The molecule has 0 saturated carbocycles. The van der Waals surface area contributed by atoms with E-state index in [-0.39, 0.29) is 5.78 Å². The molecule has 0 radical (unpaired) electrons. The Hall–Kier alpha value is -2.10. The van der Waals surface area contributed by atoms with E-state index in [1.165, 1.54) is 6.08 Å². The summed E-state index contributed by atoms with van der Waals surface area (Å²) in [7, 11) is 0. The number of ketones is 1. The molecule has 2 aromatic carbocycles. The molecular formula is C19H12BrClO2. The third-order valence-corrected chi connectivity index (χ3v) is 4.03. The Kier molecular flexibility index (Phi) is 4.79. The van der Waals surface area contributed by atoms with E-state index < -0.39 is 0 Å². The number of carbonyl (C=O) groups excluding carboxylic acids is 1. The van der Waals surface area contributed by atoms with Crippen LogP contribution in [0.15, 0.2) is 75.6 Å². The summed E-state index contributed by atoms with van der Waals surface area (Å²) in [5, 5.41) is 0.541. The van der Waals surface area contributed by atoms with Gasteiger partial charge in [-0.3, -0.25) is 4.79 Å². The summed E-state index contributed by atoms with van der Waals surface area (Å²) in [6.45, 7) is 0. The molecule has 0 bridgehead atoms. The van der Waals surface area contributed by atoms with Gasteiger partial charge in [-0.2, -0.15) is 0 Å². The van der Waals surface area contributed by atoms with Crippen LogP contribution in [-0.4, -0.2) is 5.78 Å². The number of allylic oxidation sites excluding steroid dienone is 1. The Morgan fingerprint density at radius 1 is 1.04 bits per heavy atom. The van der Waals surface area contributed by atoms with Gasteiger partial charge in [-0.25, -0.2) is 0 Å². The maximum absolute atomic E-state index is 12.1. The average Bonchev–Trinajstić information content (AvgIpc) is 3.02. The Morgan fingerprint density at radius 3 is 2.57 bits per heavy atom. The van der Waals surface area contributed by atoms with Gasteiger partial charge < -0.3 is 4.42 Å². The van der Waals surface area contributed by atoms with Gasteiger partial charge in [-0.05, 0) is 48.6 Å². The van der Waals surface area contributed by atoms with E-state index in [1.54, 1.807) is 30.3 Å². The normalized spacial score (nSPS) is 11.0. The van der Waals surface area contributed by atoms with Gasteiger partial charge >= 0.3 is 0 Å². The molecular weight excluding hydrogens is 376 g/mol. The maximum Gasteiger partial charge on any atom is 0.186 e. The maximum atomic E-state index is 12.1. The standard InChI is InChI=1S/C19H12BrClO2/c20-15-6-4-13(5-7-15)19-11-9-17(23-19)8-10-18(22)14-2-1-3-16(21)12-14/h1-12H/b10-8+. The second kappa shape index (κ2) is 6.99. The summed E-state index contributed by atoms with van der Waals surface area (Å²) in [5.74, 6) is 1.26. The van der Waals surface area contributed by atoms with Crippen molar-refractivity contribution in [2.75, 3.05) is 0 Å². The van der Waals surface area contributed by atoms with Gasteiger partial charge in [0.25, 0.3) is 0 Å². The molecule has 0 aliphatic heterocycles. The molecule has 0 amide bonds. The molecule has 0 atom stereocenters. The first-order valence-corrected chi connectivity index (χ1v) is 8.13. The lowest BCUT2D eigenvalue weighted by Crippen LogP contribution is -1.93. The van der Waals surface area contributed by atoms with Crippen molar-refractivity contribution in [3.05, 3.63) is 87.6 Å².